The van der Waals surface area contributed by atoms with Gasteiger partial charge in [0.15, 0.2) is 0 Å². The molecule has 0 aliphatic carbocycles. The number of nitrogens with zero attached hydrogens (tertiary/aromatic N) is 1. The van der Waals surface area contributed by atoms with Crippen LogP contribution in [0.25, 0.3) is 0 Å². The van der Waals surface area contributed by atoms with Crippen molar-refractivity contribution in [2.45, 2.75) is 0 Å². The van der Waals surface area contributed by atoms with Gasteiger partial charge in [0.05, 0.1) is 11.4 Å². The van der Waals surface area contributed by atoms with Crippen molar-refractivity contribution in [1.29, 1.82) is 0 Å². The molecule has 0 radical (unpaired) electrons. The highest BCUT2D eigenvalue weighted by molar-refractivity contribution is 5.67. The molecule has 0 fully saturated rings. The standard InChI is InChI=1S/C10H16FN3/c1-13-6-7-14(2)9-5-3-4-8(11)10(9)12/h3-5,13H,6-7,12H2,1-2H3. The predicted octanol–water partition coefficient (Wildman–Crippen LogP) is 1.06. The van der Waals surface area contributed by atoms with Crippen LogP contribution in [-0.2, 0) is 0 Å². The number of halogens is 1. The number of hydrogen-bond acceptors (Lipinski definition) is 3. The number of hydrogen-bond donors (Lipinski definition) is 2. The molecule has 0 spiro atoms. The maximum absolute atomic E-state index is 13.1. The lowest BCUT2D eigenvalue weighted by Gasteiger charge is -2.20. The molecular weight excluding hydrogens is 181 g/mol. The fourth-order valence-corrected chi connectivity index (χ4v) is 1.26. The molecule has 0 bridgehead atoms. The number of likely N-dealkylation sites (N-methyl/N-ethyl adjacent to an activating group) is 2. The molecule has 0 aromatic heterocycles. The van der Waals surface area contributed by atoms with Crippen LogP contribution in [0.15, 0.2) is 18.2 Å². The largest absolute Gasteiger partial charge is 0.395 e. The molecule has 0 saturated carbocycles. The van der Waals surface area contributed by atoms with E-state index < -0.39 is 0 Å². The average Bonchev–Trinajstić information content (AvgIpc) is 2.18. The number of nitrogen functional groups attached to an aromatic ring is 1. The summed E-state index contributed by atoms with van der Waals surface area (Å²) in [5.41, 5.74) is 6.57. The number of nitrogens with two attached hydrogens (primary N) is 1. The zero-order valence-corrected chi connectivity index (χ0v) is 8.55. The minimum atomic E-state index is -0.362. The molecule has 3 nitrogen and oxygen atoms in total. The second-order valence-electron chi connectivity index (χ2n) is 3.20. The van der Waals surface area contributed by atoms with Crippen LogP contribution in [0, 0.1) is 5.82 Å². The molecule has 0 heterocycles. The first kappa shape index (κ1) is 10.8. The van der Waals surface area contributed by atoms with E-state index in [0.29, 0.717) is 0 Å². The first-order valence-corrected chi connectivity index (χ1v) is 4.56. The van der Waals surface area contributed by atoms with E-state index >= 15 is 0 Å². The smallest absolute Gasteiger partial charge is 0.148 e. The van der Waals surface area contributed by atoms with Crippen LogP contribution in [0.3, 0.4) is 0 Å². The van der Waals surface area contributed by atoms with Crippen LogP contribution in [0.4, 0.5) is 15.8 Å². The Balaban J connectivity index is 2.79. The number of benzene rings is 1. The van der Waals surface area contributed by atoms with E-state index in [0.717, 1.165) is 18.8 Å². The summed E-state index contributed by atoms with van der Waals surface area (Å²) in [6, 6.07) is 4.84. The van der Waals surface area contributed by atoms with Gasteiger partial charge in [0, 0.05) is 20.1 Å². The van der Waals surface area contributed by atoms with Gasteiger partial charge in [-0.1, -0.05) is 6.07 Å². The van der Waals surface area contributed by atoms with Gasteiger partial charge < -0.3 is 16.0 Å². The maximum atomic E-state index is 13.1. The highest BCUT2D eigenvalue weighted by Gasteiger charge is 2.07. The third kappa shape index (κ3) is 2.35. The Hall–Kier alpha value is -1.29. The minimum absolute atomic E-state index is 0.214. The lowest BCUT2D eigenvalue weighted by Crippen LogP contribution is -2.27. The van der Waals surface area contributed by atoms with Crippen molar-refractivity contribution in [2.75, 3.05) is 37.8 Å². The highest BCUT2D eigenvalue weighted by Crippen LogP contribution is 2.23. The van der Waals surface area contributed by atoms with Crippen LogP contribution in [0.5, 0.6) is 0 Å². The summed E-state index contributed by atoms with van der Waals surface area (Å²) in [7, 11) is 3.77. The Morgan fingerprint density at radius 3 is 2.86 bits per heavy atom. The number of anilines is 2. The monoisotopic (exact) mass is 197 g/mol. The van der Waals surface area contributed by atoms with Crippen molar-refractivity contribution >= 4 is 11.4 Å². The fraction of sp³-hybridized carbons (Fsp3) is 0.400. The van der Waals surface area contributed by atoms with Gasteiger partial charge in [0.1, 0.15) is 5.82 Å². The molecule has 0 atom stereocenters. The highest BCUT2D eigenvalue weighted by atomic mass is 19.1. The number of nitrogens with one attached hydrogen (secondary N) is 1. The molecule has 0 amide bonds. The second kappa shape index (κ2) is 4.81. The van der Waals surface area contributed by atoms with Gasteiger partial charge in [0.2, 0.25) is 0 Å². The van der Waals surface area contributed by atoms with Crippen LogP contribution in [0.1, 0.15) is 0 Å². The van der Waals surface area contributed by atoms with E-state index in [4.69, 9.17) is 5.73 Å². The third-order valence-electron chi connectivity index (χ3n) is 2.14. The number of para-hydroxylation sites is 1. The summed E-state index contributed by atoms with van der Waals surface area (Å²) < 4.78 is 13.1. The molecular formula is C10H16FN3. The summed E-state index contributed by atoms with van der Waals surface area (Å²) >= 11 is 0. The maximum Gasteiger partial charge on any atom is 0.148 e. The molecule has 0 aliphatic rings. The quantitative estimate of drug-likeness (QED) is 0.709. The fourth-order valence-electron chi connectivity index (χ4n) is 1.26. The molecule has 78 valence electrons. The summed E-state index contributed by atoms with van der Waals surface area (Å²) in [5.74, 6) is -0.362. The Morgan fingerprint density at radius 2 is 2.21 bits per heavy atom. The zero-order valence-electron chi connectivity index (χ0n) is 8.55. The van der Waals surface area contributed by atoms with Crippen molar-refractivity contribution in [3.8, 4) is 0 Å². The van der Waals surface area contributed by atoms with Crippen LogP contribution >= 0.6 is 0 Å². The molecule has 4 heteroatoms. The summed E-state index contributed by atoms with van der Waals surface area (Å²) in [5, 5.41) is 3.03. The topological polar surface area (TPSA) is 41.3 Å². The van der Waals surface area contributed by atoms with E-state index in [1.165, 1.54) is 6.07 Å². The first-order chi connectivity index (χ1) is 6.66. The van der Waals surface area contributed by atoms with Crippen molar-refractivity contribution in [1.82, 2.24) is 5.32 Å². The van der Waals surface area contributed by atoms with Crippen LogP contribution in [0.2, 0.25) is 0 Å². The Bertz CT molecular complexity index is 301. The lowest BCUT2D eigenvalue weighted by atomic mass is 10.2. The van der Waals surface area contributed by atoms with E-state index in [-0.39, 0.29) is 11.5 Å². The summed E-state index contributed by atoms with van der Waals surface area (Å²) in [4.78, 5) is 1.93. The van der Waals surface area contributed by atoms with Crippen molar-refractivity contribution in [3.63, 3.8) is 0 Å². The molecule has 1 aromatic rings. The molecule has 14 heavy (non-hydrogen) atoms. The summed E-state index contributed by atoms with van der Waals surface area (Å²) in [6.45, 7) is 1.64. The molecule has 0 unspecified atom stereocenters. The molecule has 1 rings (SSSR count). The molecule has 3 N–H and O–H groups in total. The van der Waals surface area contributed by atoms with Crippen molar-refractivity contribution in [3.05, 3.63) is 24.0 Å². The van der Waals surface area contributed by atoms with E-state index in [1.807, 2.05) is 25.1 Å². The van der Waals surface area contributed by atoms with Gasteiger partial charge in [-0.3, -0.25) is 0 Å². The predicted molar refractivity (Wildman–Crippen MR) is 58.0 cm³/mol. The second-order valence-corrected chi connectivity index (χ2v) is 3.20. The Kier molecular flexibility index (Phi) is 3.71. The van der Waals surface area contributed by atoms with Crippen molar-refractivity contribution in [2.24, 2.45) is 0 Å². The van der Waals surface area contributed by atoms with Crippen LogP contribution < -0.4 is 16.0 Å². The lowest BCUT2D eigenvalue weighted by molar-refractivity contribution is 0.631. The Labute approximate surface area is 83.7 Å². The van der Waals surface area contributed by atoms with Gasteiger partial charge in [-0.2, -0.15) is 0 Å². The Morgan fingerprint density at radius 1 is 1.50 bits per heavy atom. The van der Waals surface area contributed by atoms with Gasteiger partial charge in [0.25, 0.3) is 0 Å². The SMILES string of the molecule is CNCCN(C)c1cccc(F)c1N. The normalized spacial score (nSPS) is 10.2. The molecule has 0 aliphatic heterocycles. The van der Waals surface area contributed by atoms with E-state index in [1.54, 1.807) is 6.07 Å². The van der Waals surface area contributed by atoms with Gasteiger partial charge in [-0.05, 0) is 19.2 Å². The first-order valence-electron chi connectivity index (χ1n) is 4.56. The average molecular weight is 197 g/mol. The zero-order chi connectivity index (χ0) is 10.6. The summed E-state index contributed by atoms with van der Waals surface area (Å²) in [6.07, 6.45) is 0. The molecule has 1 aromatic carbocycles. The van der Waals surface area contributed by atoms with Crippen LogP contribution in [-0.4, -0.2) is 27.2 Å². The van der Waals surface area contributed by atoms with E-state index in [2.05, 4.69) is 5.32 Å². The number of rotatable bonds is 4. The van der Waals surface area contributed by atoms with Crippen molar-refractivity contribution < 1.29 is 4.39 Å². The van der Waals surface area contributed by atoms with Gasteiger partial charge >= 0.3 is 0 Å². The molecule has 0 saturated heterocycles. The van der Waals surface area contributed by atoms with E-state index in [9.17, 15) is 4.39 Å². The third-order valence-corrected chi connectivity index (χ3v) is 2.14. The van der Waals surface area contributed by atoms with Gasteiger partial charge in [-0.15, -0.1) is 0 Å². The minimum Gasteiger partial charge on any atom is -0.395 e. The van der Waals surface area contributed by atoms with Gasteiger partial charge in [-0.25, -0.2) is 4.39 Å².